The van der Waals surface area contributed by atoms with Crippen molar-refractivity contribution in [2.75, 3.05) is 6.54 Å². The summed E-state index contributed by atoms with van der Waals surface area (Å²) < 4.78 is 10.5. The zero-order valence-electron chi connectivity index (χ0n) is 14.0. The number of hydrogen-bond acceptors (Lipinski definition) is 6. The predicted molar refractivity (Wildman–Crippen MR) is 92.4 cm³/mol. The van der Waals surface area contributed by atoms with Crippen LogP contribution in [0.3, 0.4) is 0 Å². The molecule has 0 bridgehead atoms. The van der Waals surface area contributed by atoms with Gasteiger partial charge in [0.05, 0.1) is 12.3 Å². The highest BCUT2D eigenvalue weighted by Crippen LogP contribution is 2.07. The number of carbonyl (C=O) groups excluding carboxylic acids is 3. The van der Waals surface area contributed by atoms with Crippen LogP contribution in [0.4, 0.5) is 0 Å². The molecule has 0 aliphatic carbocycles. The third-order valence-corrected chi connectivity index (χ3v) is 3.96. The quantitative estimate of drug-likeness (QED) is 0.489. The molecule has 1 aromatic heterocycles. The fourth-order valence-electron chi connectivity index (χ4n) is 2.34. The van der Waals surface area contributed by atoms with Crippen molar-refractivity contribution < 1.29 is 23.5 Å². The van der Waals surface area contributed by atoms with Crippen LogP contribution in [0.15, 0.2) is 22.8 Å². The van der Waals surface area contributed by atoms with Crippen molar-refractivity contribution in [3.8, 4) is 0 Å². The molecule has 0 radical (unpaired) electrons. The van der Waals surface area contributed by atoms with Gasteiger partial charge in [0.25, 0.3) is 11.1 Å². The third-order valence-electron chi connectivity index (χ3n) is 3.72. The molecule has 1 saturated heterocycles. The summed E-state index contributed by atoms with van der Waals surface area (Å²) in [5.74, 6) is -1.24. The van der Waals surface area contributed by atoms with E-state index in [4.69, 9.17) is 21.4 Å². The van der Waals surface area contributed by atoms with E-state index in [1.165, 1.54) is 6.26 Å². The van der Waals surface area contributed by atoms with E-state index in [2.05, 4.69) is 16.0 Å². The first kappa shape index (κ1) is 18.9. The number of rotatable bonds is 6. The van der Waals surface area contributed by atoms with Gasteiger partial charge in [-0.25, -0.2) is 0 Å². The van der Waals surface area contributed by atoms with Gasteiger partial charge in [-0.05, 0) is 36.7 Å². The van der Waals surface area contributed by atoms with Crippen molar-refractivity contribution in [2.24, 2.45) is 5.92 Å². The van der Waals surface area contributed by atoms with Gasteiger partial charge in [0, 0.05) is 6.54 Å². The number of furan rings is 1. The molecule has 25 heavy (non-hydrogen) atoms. The molecule has 0 spiro atoms. The van der Waals surface area contributed by atoms with Gasteiger partial charge >= 0.3 is 0 Å². The molecule has 2 amide bonds. The van der Waals surface area contributed by atoms with Crippen molar-refractivity contribution in [3.05, 3.63) is 24.2 Å². The Morgan fingerprint density at radius 2 is 2.24 bits per heavy atom. The third kappa shape index (κ3) is 5.28. The van der Waals surface area contributed by atoms with E-state index in [0.717, 1.165) is 0 Å². The molecule has 1 aromatic rings. The normalized spacial score (nSPS) is 18.4. The Balaban J connectivity index is 1.90. The predicted octanol–water partition coefficient (Wildman–Crippen LogP) is 0.269. The van der Waals surface area contributed by atoms with Crippen LogP contribution in [-0.2, 0) is 25.7 Å². The maximum Gasteiger partial charge on any atom is 0.289 e. The Morgan fingerprint density at radius 3 is 2.88 bits per heavy atom. The van der Waals surface area contributed by atoms with Gasteiger partial charge in [-0.3, -0.25) is 14.4 Å². The molecule has 2 atom stereocenters. The van der Waals surface area contributed by atoms with Crippen LogP contribution in [0.1, 0.15) is 26.0 Å². The summed E-state index contributed by atoms with van der Waals surface area (Å²) in [6.07, 6.45) is 1.89. The van der Waals surface area contributed by atoms with Crippen LogP contribution in [-0.4, -0.2) is 41.4 Å². The summed E-state index contributed by atoms with van der Waals surface area (Å²) in [5, 5.41) is 7.95. The van der Waals surface area contributed by atoms with Gasteiger partial charge in [-0.2, -0.15) is 0 Å². The standard InChI is InChI=1S/C16H21N3O5S/c1-9(2)12(19-16(25)24-8-10-4-3-7-23-10)14(21)18-11-5-6-17-15(22)13(11)20/h3-4,7,9,11-12H,5-6,8H2,1-2H3,(H,17,22)(H,18,21)(H,19,25). The SMILES string of the molecule is CC(C)C(NC(=S)OCc1ccco1)C(=O)NC1CCNC(=O)C1=O. The molecular formula is C16H21N3O5S. The smallest absolute Gasteiger partial charge is 0.289 e. The first-order valence-electron chi connectivity index (χ1n) is 7.96. The van der Waals surface area contributed by atoms with E-state index in [1.807, 2.05) is 13.8 Å². The number of ketones is 1. The van der Waals surface area contributed by atoms with E-state index in [-0.39, 0.29) is 17.7 Å². The molecule has 8 nitrogen and oxygen atoms in total. The molecule has 136 valence electrons. The number of Topliss-reactive ketones (excluding diaryl/α,β-unsaturated/α-hetero) is 1. The molecular weight excluding hydrogens is 346 g/mol. The number of carbonyl (C=O) groups is 3. The van der Waals surface area contributed by atoms with Gasteiger partial charge in [-0.15, -0.1) is 0 Å². The lowest BCUT2D eigenvalue weighted by molar-refractivity contribution is -0.142. The Kier molecular flexibility index (Phi) is 6.51. The minimum atomic E-state index is -0.818. The van der Waals surface area contributed by atoms with Crippen LogP contribution >= 0.6 is 12.2 Å². The van der Waals surface area contributed by atoms with Gasteiger partial charge in [0.15, 0.2) is 0 Å². The highest BCUT2D eigenvalue weighted by atomic mass is 32.1. The Hall–Kier alpha value is -2.42. The summed E-state index contributed by atoms with van der Waals surface area (Å²) in [5.41, 5.74) is 0. The molecule has 0 saturated carbocycles. The largest absolute Gasteiger partial charge is 0.466 e. The minimum absolute atomic E-state index is 0.0537. The van der Waals surface area contributed by atoms with Gasteiger partial charge < -0.3 is 25.1 Å². The van der Waals surface area contributed by atoms with E-state index in [1.54, 1.807) is 12.1 Å². The molecule has 3 N–H and O–H groups in total. The van der Waals surface area contributed by atoms with Crippen molar-refractivity contribution in [1.82, 2.24) is 16.0 Å². The highest BCUT2D eigenvalue weighted by Gasteiger charge is 2.33. The average molecular weight is 367 g/mol. The number of hydrogen-bond donors (Lipinski definition) is 3. The molecule has 1 aliphatic rings. The van der Waals surface area contributed by atoms with Crippen LogP contribution in [0.25, 0.3) is 0 Å². The highest BCUT2D eigenvalue weighted by molar-refractivity contribution is 7.80. The van der Waals surface area contributed by atoms with E-state index in [9.17, 15) is 14.4 Å². The number of thiocarbonyl (C=S) groups is 1. The molecule has 2 unspecified atom stereocenters. The molecule has 0 aromatic carbocycles. The fourth-order valence-corrected chi connectivity index (χ4v) is 2.53. The van der Waals surface area contributed by atoms with Gasteiger partial charge in [-0.1, -0.05) is 13.8 Å². The van der Waals surface area contributed by atoms with Crippen molar-refractivity contribution in [3.63, 3.8) is 0 Å². The first-order valence-corrected chi connectivity index (χ1v) is 8.37. The Bertz CT molecular complexity index is 644. The minimum Gasteiger partial charge on any atom is -0.466 e. The van der Waals surface area contributed by atoms with Crippen LogP contribution in [0.2, 0.25) is 0 Å². The lowest BCUT2D eigenvalue weighted by Gasteiger charge is -2.27. The molecule has 2 rings (SSSR count). The van der Waals surface area contributed by atoms with Crippen molar-refractivity contribution in [1.29, 1.82) is 0 Å². The second kappa shape index (κ2) is 8.61. The first-order chi connectivity index (χ1) is 11.9. The maximum atomic E-state index is 12.5. The maximum absolute atomic E-state index is 12.5. The van der Waals surface area contributed by atoms with E-state index in [0.29, 0.717) is 18.7 Å². The van der Waals surface area contributed by atoms with E-state index >= 15 is 0 Å². The lowest BCUT2D eigenvalue weighted by Crippen LogP contribution is -2.58. The summed E-state index contributed by atoms with van der Waals surface area (Å²) >= 11 is 5.10. The number of ether oxygens (including phenoxy) is 1. The Labute approximate surface area is 150 Å². The van der Waals surface area contributed by atoms with Crippen LogP contribution in [0.5, 0.6) is 0 Å². The monoisotopic (exact) mass is 367 g/mol. The number of nitrogens with one attached hydrogen (secondary N) is 3. The summed E-state index contributed by atoms with van der Waals surface area (Å²) in [7, 11) is 0. The van der Waals surface area contributed by atoms with E-state index < -0.39 is 29.7 Å². The second-order valence-electron chi connectivity index (χ2n) is 5.99. The van der Waals surface area contributed by atoms with Crippen molar-refractivity contribution in [2.45, 2.75) is 39.0 Å². The molecule has 9 heteroatoms. The second-order valence-corrected chi connectivity index (χ2v) is 6.36. The summed E-state index contributed by atoms with van der Waals surface area (Å²) in [6, 6.07) is 1.97. The average Bonchev–Trinajstić information content (AvgIpc) is 3.08. The topological polar surface area (TPSA) is 110 Å². The van der Waals surface area contributed by atoms with Crippen molar-refractivity contribution >= 4 is 35.0 Å². The van der Waals surface area contributed by atoms with Crippen LogP contribution < -0.4 is 16.0 Å². The molecule has 1 fully saturated rings. The van der Waals surface area contributed by atoms with Gasteiger partial charge in [0.2, 0.25) is 11.7 Å². The zero-order valence-corrected chi connectivity index (χ0v) is 14.9. The number of amides is 2. The summed E-state index contributed by atoms with van der Waals surface area (Å²) in [4.78, 5) is 35.7. The molecule has 2 heterocycles. The van der Waals surface area contributed by atoms with Gasteiger partial charge in [0.1, 0.15) is 18.4 Å². The molecule has 1 aliphatic heterocycles. The zero-order chi connectivity index (χ0) is 18.4. The fraction of sp³-hybridized carbons (Fsp3) is 0.500. The Morgan fingerprint density at radius 1 is 1.48 bits per heavy atom. The van der Waals surface area contributed by atoms with Crippen LogP contribution in [0, 0.1) is 5.92 Å². The lowest BCUT2D eigenvalue weighted by atomic mass is 10.0. The number of piperidine rings is 1. The summed E-state index contributed by atoms with van der Waals surface area (Å²) in [6.45, 7) is 4.16.